The van der Waals surface area contributed by atoms with Gasteiger partial charge in [0.2, 0.25) is 6.79 Å². The molecule has 0 spiro atoms. The van der Waals surface area contributed by atoms with Gasteiger partial charge in [0.15, 0.2) is 17.3 Å². The van der Waals surface area contributed by atoms with E-state index in [0.29, 0.717) is 35.6 Å². The zero-order valence-electron chi connectivity index (χ0n) is 20.0. The summed E-state index contributed by atoms with van der Waals surface area (Å²) in [6.07, 6.45) is 4.10. The van der Waals surface area contributed by atoms with Crippen molar-refractivity contribution in [2.45, 2.75) is 44.7 Å². The van der Waals surface area contributed by atoms with Crippen LogP contribution in [-0.4, -0.2) is 69.1 Å². The number of hydrogen-bond acceptors (Lipinski definition) is 8. The van der Waals surface area contributed by atoms with Gasteiger partial charge in [-0.3, -0.25) is 0 Å². The summed E-state index contributed by atoms with van der Waals surface area (Å²) in [7, 11) is 3.05. The molecule has 0 aromatic heterocycles. The normalized spacial score (nSPS) is 24.1. The number of amides is 1. The molecule has 0 saturated carbocycles. The summed E-state index contributed by atoms with van der Waals surface area (Å²) in [4.78, 5) is 26.3. The molecule has 9 nitrogen and oxygen atoms in total. The molecule has 3 atom stereocenters. The molecule has 1 aliphatic carbocycles. The third-order valence-electron chi connectivity index (χ3n) is 6.14. The molecule has 4 rings (SSSR count). The van der Waals surface area contributed by atoms with E-state index in [1.165, 1.54) is 13.2 Å². The van der Waals surface area contributed by atoms with Gasteiger partial charge >= 0.3 is 12.1 Å². The maximum Gasteiger partial charge on any atom is 0.409 e. The van der Waals surface area contributed by atoms with Crippen LogP contribution >= 0.6 is 0 Å². The Morgan fingerprint density at radius 2 is 1.97 bits per heavy atom. The van der Waals surface area contributed by atoms with Gasteiger partial charge in [-0.15, -0.1) is 0 Å². The quantitative estimate of drug-likeness (QED) is 0.437. The number of allylic oxidation sites excluding steroid dienone is 1. The van der Waals surface area contributed by atoms with E-state index in [1.54, 1.807) is 24.1 Å². The number of carbonyl (C=O) groups is 2. The summed E-state index contributed by atoms with van der Waals surface area (Å²) in [5.74, 6) is -0.103. The second-order valence-electron chi connectivity index (χ2n) is 9.03. The highest BCUT2D eigenvalue weighted by atomic mass is 16.8. The topological polar surface area (TPSA) is 92.8 Å². The lowest BCUT2D eigenvalue weighted by molar-refractivity contribution is -0.143. The van der Waals surface area contributed by atoms with Crippen LogP contribution in [0.5, 0.6) is 11.5 Å². The zero-order chi connectivity index (χ0) is 24.5. The monoisotopic (exact) mass is 473 g/mol. The number of fused-ring (bicyclic) bond motifs is 2. The largest absolute Gasteiger partial charge is 0.465 e. The van der Waals surface area contributed by atoms with Crippen LogP contribution in [0, 0.1) is 5.92 Å². The van der Waals surface area contributed by atoms with E-state index >= 15 is 0 Å². The molecule has 184 valence electrons. The lowest BCUT2D eigenvalue weighted by atomic mass is 9.80. The number of esters is 1. The first-order valence-corrected chi connectivity index (χ1v) is 11.3. The standard InChI is InChI=1S/C25H31NO8/c1-6-9-30-24(28)26(4)8-7-15-10-17(22-21(11-15)33-25(2,3)34-22)16-12-19-20(32-14-31-19)13-18(16)23(27)29-5/h6,10,12-13,15,21-22H,1,7-9,11,14H2,2-5H3/t15-,21+,22-/m1/s1. The fraction of sp³-hybridized carbons (Fsp3) is 0.520. The fourth-order valence-corrected chi connectivity index (χ4v) is 4.58. The van der Waals surface area contributed by atoms with Crippen molar-refractivity contribution in [1.82, 2.24) is 4.90 Å². The summed E-state index contributed by atoms with van der Waals surface area (Å²) >= 11 is 0. The highest BCUT2D eigenvalue weighted by molar-refractivity contribution is 5.97. The molecule has 0 N–H and O–H groups in total. The first kappa shape index (κ1) is 24.1. The lowest BCUT2D eigenvalue weighted by Gasteiger charge is -2.31. The highest BCUT2D eigenvalue weighted by Gasteiger charge is 2.47. The molecular weight excluding hydrogens is 442 g/mol. The SMILES string of the molecule is C=CCOC(=O)N(C)CC[C@@H]1C=C(c2cc3c(cc2C(=O)OC)OCO3)[C@H]2OC(C)(C)O[C@H]2C1. The van der Waals surface area contributed by atoms with Crippen molar-refractivity contribution >= 4 is 17.6 Å². The van der Waals surface area contributed by atoms with Gasteiger partial charge in [0, 0.05) is 13.6 Å². The van der Waals surface area contributed by atoms with Crippen LogP contribution in [-0.2, 0) is 18.9 Å². The second kappa shape index (κ2) is 9.68. The summed E-state index contributed by atoms with van der Waals surface area (Å²) in [5.41, 5.74) is 1.87. The zero-order valence-corrected chi connectivity index (χ0v) is 20.0. The molecule has 9 heteroatoms. The van der Waals surface area contributed by atoms with Crippen LogP contribution in [0.3, 0.4) is 0 Å². The number of carbonyl (C=O) groups excluding carboxylic acids is 2. The molecule has 1 aromatic rings. The highest BCUT2D eigenvalue weighted by Crippen LogP contribution is 2.46. The number of benzene rings is 1. The van der Waals surface area contributed by atoms with E-state index < -0.39 is 17.8 Å². The Balaban J connectivity index is 1.65. The van der Waals surface area contributed by atoms with Gasteiger partial charge < -0.3 is 33.3 Å². The van der Waals surface area contributed by atoms with E-state index in [1.807, 2.05) is 13.8 Å². The number of rotatable bonds is 7. The first-order chi connectivity index (χ1) is 16.2. The van der Waals surface area contributed by atoms with Crippen LogP contribution < -0.4 is 9.47 Å². The molecule has 2 aliphatic heterocycles. The number of ether oxygens (including phenoxy) is 6. The van der Waals surface area contributed by atoms with Gasteiger partial charge in [0.1, 0.15) is 12.7 Å². The minimum Gasteiger partial charge on any atom is -0.465 e. The summed E-state index contributed by atoms with van der Waals surface area (Å²) in [6, 6.07) is 3.45. The van der Waals surface area contributed by atoms with Crippen molar-refractivity contribution < 1.29 is 38.0 Å². The molecule has 3 aliphatic rings. The van der Waals surface area contributed by atoms with Crippen molar-refractivity contribution in [2.75, 3.05) is 34.1 Å². The fourth-order valence-electron chi connectivity index (χ4n) is 4.58. The Morgan fingerprint density at radius 3 is 2.68 bits per heavy atom. The van der Waals surface area contributed by atoms with E-state index in [2.05, 4.69) is 12.7 Å². The summed E-state index contributed by atoms with van der Waals surface area (Å²) in [6.45, 7) is 8.07. The molecule has 1 aromatic carbocycles. The van der Waals surface area contributed by atoms with Crippen molar-refractivity contribution in [2.24, 2.45) is 5.92 Å². The third-order valence-corrected chi connectivity index (χ3v) is 6.14. The number of hydrogen-bond donors (Lipinski definition) is 0. The molecular formula is C25H31NO8. The van der Waals surface area contributed by atoms with Gasteiger partial charge in [0.25, 0.3) is 0 Å². The molecule has 1 saturated heterocycles. The summed E-state index contributed by atoms with van der Waals surface area (Å²) in [5, 5.41) is 0. The first-order valence-electron chi connectivity index (χ1n) is 11.3. The number of nitrogens with zero attached hydrogens (tertiary/aromatic N) is 1. The van der Waals surface area contributed by atoms with E-state index in [4.69, 9.17) is 28.4 Å². The third kappa shape index (κ3) is 4.90. The van der Waals surface area contributed by atoms with Crippen LogP contribution in [0.25, 0.3) is 5.57 Å². The lowest BCUT2D eigenvalue weighted by Crippen LogP contribution is -2.34. The smallest absolute Gasteiger partial charge is 0.409 e. The Bertz CT molecular complexity index is 1000. The predicted molar refractivity (Wildman–Crippen MR) is 123 cm³/mol. The molecule has 0 radical (unpaired) electrons. The van der Waals surface area contributed by atoms with Crippen molar-refractivity contribution in [3.05, 3.63) is 42.0 Å². The summed E-state index contributed by atoms with van der Waals surface area (Å²) < 4.78 is 33.7. The Morgan fingerprint density at radius 1 is 1.24 bits per heavy atom. The van der Waals surface area contributed by atoms with Crippen molar-refractivity contribution in [3.8, 4) is 11.5 Å². The van der Waals surface area contributed by atoms with Crippen LogP contribution in [0.2, 0.25) is 0 Å². The van der Waals surface area contributed by atoms with Crippen LogP contribution in [0.1, 0.15) is 42.6 Å². The van der Waals surface area contributed by atoms with Gasteiger partial charge in [0.05, 0.1) is 18.8 Å². The van der Waals surface area contributed by atoms with E-state index in [-0.39, 0.29) is 31.5 Å². The van der Waals surface area contributed by atoms with Gasteiger partial charge in [-0.1, -0.05) is 18.7 Å². The van der Waals surface area contributed by atoms with Crippen molar-refractivity contribution in [3.63, 3.8) is 0 Å². The van der Waals surface area contributed by atoms with Crippen LogP contribution in [0.4, 0.5) is 4.79 Å². The molecule has 1 amide bonds. The Labute approximate surface area is 199 Å². The second-order valence-corrected chi connectivity index (χ2v) is 9.03. The molecule has 0 bridgehead atoms. The number of methoxy groups -OCH3 is 1. The molecule has 2 heterocycles. The van der Waals surface area contributed by atoms with E-state index in [0.717, 1.165) is 12.0 Å². The molecule has 34 heavy (non-hydrogen) atoms. The van der Waals surface area contributed by atoms with Gasteiger partial charge in [-0.2, -0.15) is 0 Å². The molecule has 1 fully saturated rings. The minimum atomic E-state index is -0.767. The minimum absolute atomic E-state index is 0.0827. The average Bonchev–Trinajstić information content (AvgIpc) is 3.40. The molecule has 0 unspecified atom stereocenters. The van der Waals surface area contributed by atoms with Crippen LogP contribution in [0.15, 0.2) is 30.9 Å². The maximum absolute atomic E-state index is 12.7. The van der Waals surface area contributed by atoms with Crippen molar-refractivity contribution in [1.29, 1.82) is 0 Å². The Hall–Kier alpha value is -3.04. The maximum atomic E-state index is 12.7. The van der Waals surface area contributed by atoms with Gasteiger partial charge in [-0.05, 0) is 55.9 Å². The average molecular weight is 474 g/mol. The van der Waals surface area contributed by atoms with E-state index in [9.17, 15) is 9.59 Å². The van der Waals surface area contributed by atoms with Gasteiger partial charge in [-0.25, -0.2) is 9.59 Å². The predicted octanol–water partition coefficient (Wildman–Crippen LogP) is 3.77. The Kier molecular flexibility index (Phi) is 6.86.